The van der Waals surface area contributed by atoms with Gasteiger partial charge in [-0.25, -0.2) is 0 Å². The van der Waals surface area contributed by atoms with E-state index < -0.39 is 0 Å². The molecule has 1 rings (SSSR count). The van der Waals surface area contributed by atoms with Gasteiger partial charge in [-0.15, -0.1) is 0 Å². The van der Waals surface area contributed by atoms with Crippen LogP contribution in [0.3, 0.4) is 0 Å². The molecular formula is C44H89N. The lowest BCUT2D eigenvalue weighted by molar-refractivity contribution is 0.309. The predicted molar refractivity (Wildman–Crippen MR) is 207 cm³/mol. The van der Waals surface area contributed by atoms with Crippen molar-refractivity contribution in [3.05, 3.63) is 0 Å². The van der Waals surface area contributed by atoms with E-state index >= 15 is 0 Å². The van der Waals surface area contributed by atoms with Crippen LogP contribution >= 0.6 is 0 Å². The first-order valence-electron chi connectivity index (χ1n) is 22.1. The molecule has 1 fully saturated rings. The molecule has 0 aromatic carbocycles. The molecule has 0 radical (unpaired) electrons. The molecule has 1 saturated heterocycles. The zero-order chi connectivity index (χ0) is 32.1. The minimum atomic E-state index is 1.02. The minimum Gasteiger partial charge on any atom is -0.303 e. The molecule has 1 heterocycles. The maximum Gasteiger partial charge on any atom is 0.00101 e. The summed E-state index contributed by atoms with van der Waals surface area (Å²) in [5.74, 6) is 1.02. The van der Waals surface area contributed by atoms with Crippen molar-refractivity contribution in [1.82, 2.24) is 4.90 Å². The molecule has 1 atom stereocenters. The van der Waals surface area contributed by atoms with Crippen LogP contribution < -0.4 is 0 Å². The summed E-state index contributed by atoms with van der Waals surface area (Å²) in [6.45, 7) is 8.81. The molecule has 0 N–H and O–H groups in total. The van der Waals surface area contributed by atoms with E-state index in [1.165, 1.54) is 264 Å². The fourth-order valence-corrected chi connectivity index (χ4v) is 7.92. The van der Waals surface area contributed by atoms with Crippen LogP contribution in [0, 0.1) is 5.92 Å². The van der Waals surface area contributed by atoms with Crippen LogP contribution in [0.1, 0.15) is 258 Å². The molecule has 1 unspecified atom stereocenters. The standard InChI is InChI=1S/C44H89N/c1-3-5-7-9-11-13-15-17-19-21-23-25-27-29-31-33-35-37-39-44-40-42-45(43-44)41-38-36-34-32-30-28-26-24-22-20-18-16-14-12-10-8-6-4-2/h44H,3-43H2,1-2H3. The summed E-state index contributed by atoms with van der Waals surface area (Å²) < 4.78 is 0. The summed E-state index contributed by atoms with van der Waals surface area (Å²) in [5, 5.41) is 0. The Labute approximate surface area is 287 Å². The highest BCUT2D eigenvalue weighted by atomic mass is 15.1. The number of rotatable bonds is 38. The van der Waals surface area contributed by atoms with Gasteiger partial charge in [-0.05, 0) is 38.3 Å². The third-order valence-corrected chi connectivity index (χ3v) is 11.2. The first-order valence-corrected chi connectivity index (χ1v) is 22.1. The number of hydrogen-bond acceptors (Lipinski definition) is 1. The number of unbranched alkanes of at least 4 members (excludes halogenated alkanes) is 34. The Morgan fingerprint density at radius 2 is 0.600 bits per heavy atom. The van der Waals surface area contributed by atoms with Crippen LogP contribution in [0.15, 0.2) is 0 Å². The van der Waals surface area contributed by atoms with Crippen molar-refractivity contribution in [3.8, 4) is 0 Å². The summed E-state index contributed by atoms with van der Waals surface area (Å²) in [6.07, 6.45) is 56.2. The summed E-state index contributed by atoms with van der Waals surface area (Å²) in [5.41, 5.74) is 0. The Bertz CT molecular complexity index is 483. The molecule has 0 aromatic heterocycles. The lowest BCUT2D eigenvalue weighted by Gasteiger charge is -2.16. The van der Waals surface area contributed by atoms with E-state index in [1.54, 1.807) is 0 Å². The fraction of sp³-hybridized carbons (Fsp3) is 1.00. The van der Waals surface area contributed by atoms with Gasteiger partial charge in [-0.2, -0.15) is 0 Å². The van der Waals surface area contributed by atoms with Crippen LogP contribution in [0.5, 0.6) is 0 Å². The zero-order valence-corrected chi connectivity index (χ0v) is 32.0. The Balaban J connectivity index is 1.71. The van der Waals surface area contributed by atoms with Gasteiger partial charge in [0.2, 0.25) is 0 Å². The van der Waals surface area contributed by atoms with Crippen LogP contribution in [0.25, 0.3) is 0 Å². The normalized spacial score (nSPS) is 15.5. The smallest absolute Gasteiger partial charge is 0.00101 e. The van der Waals surface area contributed by atoms with Gasteiger partial charge >= 0.3 is 0 Å². The highest BCUT2D eigenvalue weighted by molar-refractivity contribution is 4.75. The third kappa shape index (κ3) is 32.3. The Morgan fingerprint density at radius 3 is 0.911 bits per heavy atom. The van der Waals surface area contributed by atoms with Crippen LogP contribution in [-0.2, 0) is 0 Å². The van der Waals surface area contributed by atoms with Crippen molar-refractivity contribution < 1.29 is 0 Å². The number of nitrogens with zero attached hydrogens (tertiary/aromatic N) is 1. The van der Waals surface area contributed by atoms with Gasteiger partial charge < -0.3 is 4.90 Å². The van der Waals surface area contributed by atoms with Gasteiger partial charge in [0.15, 0.2) is 0 Å². The number of hydrogen-bond donors (Lipinski definition) is 0. The van der Waals surface area contributed by atoms with E-state index in [1.807, 2.05) is 0 Å². The minimum absolute atomic E-state index is 1.02. The second-order valence-corrected chi connectivity index (χ2v) is 15.8. The Kier molecular flexibility index (Phi) is 35.1. The molecule has 1 aliphatic heterocycles. The van der Waals surface area contributed by atoms with E-state index in [4.69, 9.17) is 0 Å². The summed E-state index contributed by atoms with van der Waals surface area (Å²) in [7, 11) is 0. The first kappa shape index (κ1) is 43.0. The largest absolute Gasteiger partial charge is 0.303 e. The molecule has 0 saturated carbocycles. The SMILES string of the molecule is CCCCCCCCCCCCCCCCCCCCC1CCN(CCCCCCCCCCCCCCCCCCCC)C1. The van der Waals surface area contributed by atoms with Gasteiger partial charge in [0.25, 0.3) is 0 Å². The molecule has 0 aromatic rings. The average Bonchev–Trinajstić information content (AvgIpc) is 3.51. The second kappa shape index (κ2) is 36.8. The Hall–Kier alpha value is -0.0400. The summed E-state index contributed by atoms with van der Waals surface area (Å²) in [6, 6.07) is 0. The molecule has 0 spiro atoms. The third-order valence-electron chi connectivity index (χ3n) is 11.2. The highest BCUT2D eigenvalue weighted by Crippen LogP contribution is 2.23. The van der Waals surface area contributed by atoms with Crippen molar-refractivity contribution in [3.63, 3.8) is 0 Å². The van der Waals surface area contributed by atoms with E-state index in [-0.39, 0.29) is 0 Å². The molecule has 1 heteroatoms. The molecule has 0 aliphatic carbocycles. The maximum atomic E-state index is 2.80. The lowest BCUT2D eigenvalue weighted by atomic mass is 9.99. The number of likely N-dealkylation sites (tertiary alicyclic amines) is 1. The monoisotopic (exact) mass is 632 g/mol. The predicted octanol–water partition coefficient (Wildman–Crippen LogP) is 15.8. The Morgan fingerprint density at radius 1 is 0.333 bits per heavy atom. The average molecular weight is 632 g/mol. The van der Waals surface area contributed by atoms with Crippen molar-refractivity contribution in [2.75, 3.05) is 19.6 Å². The molecular weight excluding hydrogens is 542 g/mol. The highest BCUT2D eigenvalue weighted by Gasteiger charge is 2.21. The van der Waals surface area contributed by atoms with Gasteiger partial charge in [-0.1, -0.05) is 239 Å². The topological polar surface area (TPSA) is 3.24 Å². The van der Waals surface area contributed by atoms with Gasteiger partial charge in [0, 0.05) is 6.54 Å². The van der Waals surface area contributed by atoms with Gasteiger partial charge in [0.1, 0.15) is 0 Å². The second-order valence-electron chi connectivity index (χ2n) is 15.8. The van der Waals surface area contributed by atoms with E-state index in [2.05, 4.69) is 18.7 Å². The van der Waals surface area contributed by atoms with E-state index in [9.17, 15) is 0 Å². The van der Waals surface area contributed by atoms with E-state index in [0.717, 1.165) is 5.92 Å². The molecule has 270 valence electrons. The summed E-state index contributed by atoms with van der Waals surface area (Å²) in [4.78, 5) is 2.80. The fourth-order valence-electron chi connectivity index (χ4n) is 7.92. The van der Waals surface area contributed by atoms with E-state index in [0.29, 0.717) is 0 Å². The van der Waals surface area contributed by atoms with Crippen molar-refractivity contribution in [2.45, 2.75) is 258 Å². The van der Waals surface area contributed by atoms with Crippen LogP contribution in [-0.4, -0.2) is 24.5 Å². The molecule has 1 nitrogen and oxygen atoms in total. The van der Waals surface area contributed by atoms with Crippen LogP contribution in [0.2, 0.25) is 0 Å². The van der Waals surface area contributed by atoms with Crippen molar-refractivity contribution >= 4 is 0 Å². The van der Waals surface area contributed by atoms with Crippen molar-refractivity contribution in [2.24, 2.45) is 5.92 Å². The van der Waals surface area contributed by atoms with Crippen LogP contribution in [0.4, 0.5) is 0 Å². The lowest BCUT2D eigenvalue weighted by Crippen LogP contribution is -2.21. The van der Waals surface area contributed by atoms with Gasteiger partial charge in [0.05, 0.1) is 0 Å². The quantitative estimate of drug-likeness (QED) is 0.0613. The molecule has 1 aliphatic rings. The summed E-state index contributed by atoms with van der Waals surface area (Å²) >= 11 is 0. The molecule has 0 amide bonds. The molecule has 45 heavy (non-hydrogen) atoms. The first-order chi connectivity index (χ1) is 22.4. The van der Waals surface area contributed by atoms with Gasteiger partial charge in [-0.3, -0.25) is 0 Å². The van der Waals surface area contributed by atoms with Crippen molar-refractivity contribution in [1.29, 1.82) is 0 Å². The molecule has 0 bridgehead atoms. The zero-order valence-electron chi connectivity index (χ0n) is 32.0. The maximum absolute atomic E-state index is 2.80.